The molecule has 1 unspecified atom stereocenters. The highest BCUT2D eigenvalue weighted by Gasteiger charge is 2.49. The maximum atomic E-state index is 14.0. The third kappa shape index (κ3) is 2.41. The van der Waals surface area contributed by atoms with Crippen molar-refractivity contribution < 1.29 is 4.39 Å². The Hall–Kier alpha value is -0.600. The van der Waals surface area contributed by atoms with Gasteiger partial charge in [-0.2, -0.15) is 0 Å². The second kappa shape index (κ2) is 5.24. The molecule has 3 heteroatoms. The maximum absolute atomic E-state index is 14.0. The molecule has 4 aliphatic rings. The molecule has 0 saturated heterocycles. The van der Waals surface area contributed by atoms with Gasteiger partial charge >= 0.3 is 0 Å². The van der Waals surface area contributed by atoms with Gasteiger partial charge in [-0.05, 0) is 80.2 Å². The van der Waals surface area contributed by atoms with Gasteiger partial charge in [0.2, 0.25) is 0 Å². The molecule has 0 radical (unpaired) electrons. The second-order valence-corrected chi connectivity index (χ2v) is 7.98. The first-order valence-corrected chi connectivity index (χ1v) is 8.68. The van der Waals surface area contributed by atoms with Gasteiger partial charge in [-0.15, -0.1) is 0 Å². The minimum Gasteiger partial charge on any atom is -0.327 e. The van der Waals surface area contributed by atoms with E-state index >= 15 is 0 Å². The molecule has 4 fully saturated rings. The van der Waals surface area contributed by atoms with Crippen LogP contribution in [0.15, 0.2) is 18.2 Å². The van der Waals surface area contributed by atoms with Crippen molar-refractivity contribution in [1.82, 2.24) is 0 Å². The van der Waals surface area contributed by atoms with Gasteiger partial charge < -0.3 is 5.73 Å². The van der Waals surface area contributed by atoms with E-state index in [1.807, 2.05) is 0 Å². The topological polar surface area (TPSA) is 26.0 Å². The normalized spacial score (nSPS) is 38.7. The fraction of sp³-hybridized carbons (Fsp3) is 0.667. The van der Waals surface area contributed by atoms with Crippen molar-refractivity contribution in [3.05, 3.63) is 34.6 Å². The quantitative estimate of drug-likeness (QED) is 0.879. The number of halogens is 2. The Bertz CT molecular complexity index is 496. The Morgan fingerprint density at radius 2 is 1.71 bits per heavy atom. The summed E-state index contributed by atoms with van der Waals surface area (Å²) >= 11 is 6.17. The summed E-state index contributed by atoms with van der Waals surface area (Å²) in [5.41, 5.74) is 7.16. The molecule has 21 heavy (non-hydrogen) atoms. The van der Waals surface area contributed by atoms with Crippen LogP contribution in [0.5, 0.6) is 0 Å². The van der Waals surface area contributed by atoms with Crippen molar-refractivity contribution in [2.45, 2.75) is 44.6 Å². The molecule has 5 rings (SSSR count). The largest absolute Gasteiger partial charge is 0.327 e. The fourth-order valence-electron chi connectivity index (χ4n) is 5.77. The van der Waals surface area contributed by atoms with Crippen LogP contribution in [-0.4, -0.2) is 6.04 Å². The number of hydrogen-bond donors (Lipinski definition) is 1. The lowest BCUT2D eigenvalue weighted by Gasteiger charge is -2.56. The van der Waals surface area contributed by atoms with E-state index in [0.717, 1.165) is 23.7 Å². The molecule has 1 nitrogen and oxygen atoms in total. The van der Waals surface area contributed by atoms with Crippen molar-refractivity contribution in [1.29, 1.82) is 0 Å². The van der Waals surface area contributed by atoms with Crippen molar-refractivity contribution in [2.24, 2.45) is 35.3 Å². The summed E-state index contributed by atoms with van der Waals surface area (Å²) in [5, 5.41) is 0.522. The first-order chi connectivity index (χ1) is 10.1. The van der Waals surface area contributed by atoms with Gasteiger partial charge in [0.25, 0.3) is 0 Å². The molecule has 114 valence electrons. The minimum atomic E-state index is -0.207. The monoisotopic (exact) mass is 307 g/mol. The maximum Gasteiger partial charge on any atom is 0.127 e. The zero-order chi connectivity index (χ0) is 14.6. The van der Waals surface area contributed by atoms with E-state index in [4.69, 9.17) is 17.3 Å². The van der Waals surface area contributed by atoms with Crippen LogP contribution in [0.3, 0.4) is 0 Å². The fourth-order valence-corrected chi connectivity index (χ4v) is 6.01. The first-order valence-electron chi connectivity index (χ1n) is 8.30. The van der Waals surface area contributed by atoms with E-state index in [1.54, 1.807) is 12.1 Å². The first kappa shape index (κ1) is 14.0. The Morgan fingerprint density at radius 3 is 2.29 bits per heavy atom. The Labute approximate surface area is 131 Å². The average Bonchev–Trinajstić information content (AvgIpc) is 2.42. The summed E-state index contributed by atoms with van der Waals surface area (Å²) in [6.07, 6.45) is 7.46. The average molecular weight is 308 g/mol. The van der Waals surface area contributed by atoms with Gasteiger partial charge in [0.1, 0.15) is 5.82 Å². The lowest BCUT2D eigenvalue weighted by Crippen LogP contribution is -2.52. The third-order valence-electron chi connectivity index (χ3n) is 6.30. The van der Waals surface area contributed by atoms with Gasteiger partial charge in [0.05, 0.1) is 0 Å². The van der Waals surface area contributed by atoms with Crippen molar-refractivity contribution in [2.75, 3.05) is 0 Å². The predicted octanol–water partition coefficient (Wildman–Crippen LogP) is 4.42. The number of rotatable bonds is 3. The highest BCUT2D eigenvalue weighted by Crippen LogP contribution is 2.57. The van der Waals surface area contributed by atoms with Crippen molar-refractivity contribution in [3.63, 3.8) is 0 Å². The van der Waals surface area contributed by atoms with Crippen LogP contribution in [0, 0.1) is 35.4 Å². The molecule has 4 bridgehead atoms. The Morgan fingerprint density at radius 1 is 1.10 bits per heavy atom. The Kier molecular flexibility index (Phi) is 3.50. The van der Waals surface area contributed by atoms with Crippen LogP contribution in [-0.2, 0) is 6.42 Å². The van der Waals surface area contributed by atoms with Gasteiger partial charge in [-0.1, -0.05) is 17.7 Å². The molecule has 0 heterocycles. The van der Waals surface area contributed by atoms with E-state index in [2.05, 4.69) is 0 Å². The van der Waals surface area contributed by atoms with E-state index < -0.39 is 0 Å². The third-order valence-corrected chi connectivity index (χ3v) is 6.65. The zero-order valence-corrected chi connectivity index (χ0v) is 13.0. The summed E-state index contributed by atoms with van der Waals surface area (Å²) in [5.74, 6) is 3.83. The smallest absolute Gasteiger partial charge is 0.127 e. The molecule has 0 spiro atoms. The van der Waals surface area contributed by atoms with Gasteiger partial charge in [0, 0.05) is 16.6 Å². The summed E-state index contributed by atoms with van der Waals surface area (Å²) in [7, 11) is 0. The standard InChI is InChI=1S/C18H23ClFN/c19-15-2-1-3-16(20)14(15)9-17(21)18-12-5-10-4-11(7-12)8-13(18)6-10/h1-3,10-13,17-18H,4-9,21H2. The lowest BCUT2D eigenvalue weighted by atomic mass is 9.50. The van der Waals surface area contributed by atoms with Crippen LogP contribution in [0.25, 0.3) is 0 Å². The van der Waals surface area contributed by atoms with Crippen molar-refractivity contribution >= 4 is 11.6 Å². The van der Waals surface area contributed by atoms with Crippen molar-refractivity contribution in [3.8, 4) is 0 Å². The molecule has 0 aliphatic heterocycles. The van der Waals surface area contributed by atoms with E-state index in [0.29, 0.717) is 22.9 Å². The molecule has 1 aromatic rings. The number of nitrogens with two attached hydrogens (primary N) is 1. The van der Waals surface area contributed by atoms with E-state index in [-0.39, 0.29) is 11.9 Å². The SMILES string of the molecule is NC(Cc1c(F)cccc1Cl)C1C2CC3CC(C2)CC1C3. The van der Waals surface area contributed by atoms with Gasteiger partial charge in [0.15, 0.2) is 0 Å². The van der Waals surface area contributed by atoms with Crippen LogP contribution in [0.1, 0.15) is 37.7 Å². The minimum absolute atomic E-state index is 0.0504. The van der Waals surface area contributed by atoms with Gasteiger partial charge in [-0.25, -0.2) is 4.39 Å². The highest BCUT2D eigenvalue weighted by atomic mass is 35.5. The predicted molar refractivity (Wildman–Crippen MR) is 83.6 cm³/mol. The molecular formula is C18H23ClFN. The van der Waals surface area contributed by atoms with Crippen LogP contribution in [0.2, 0.25) is 5.02 Å². The zero-order valence-electron chi connectivity index (χ0n) is 12.3. The Balaban J connectivity index is 1.54. The molecule has 2 N–H and O–H groups in total. The molecular weight excluding hydrogens is 285 g/mol. The van der Waals surface area contributed by atoms with Crippen LogP contribution in [0.4, 0.5) is 4.39 Å². The molecule has 1 atom stereocenters. The second-order valence-electron chi connectivity index (χ2n) is 7.58. The van der Waals surface area contributed by atoms with Crippen LogP contribution >= 0.6 is 11.6 Å². The number of benzene rings is 1. The van der Waals surface area contributed by atoms with E-state index in [1.165, 1.54) is 38.2 Å². The van der Waals surface area contributed by atoms with Crippen LogP contribution < -0.4 is 5.73 Å². The molecule has 4 saturated carbocycles. The summed E-state index contributed by atoms with van der Waals surface area (Å²) < 4.78 is 14.0. The number of hydrogen-bond acceptors (Lipinski definition) is 1. The van der Waals surface area contributed by atoms with E-state index in [9.17, 15) is 4.39 Å². The lowest BCUT2D eigenvalue weighted by molar-refractivity contribution is -0.0465. The molecule has 4 aliphatic carbocycles. The highest BCUT2D eigenvalue weighted by molar-refractivity contribution is 6.31. The molecule has 1 aromatic carbocycles. The molecule has 0 amide bonds. The summed E-state index contributed by atoms with van der Waals surface area (Å²) in [6, 6.07) is 4.97. The molecule has 0 aromatic heterocycles. The summed E-state index contributed by atoms with van der Waals surface area (Å²) in [6.45, 7) is 0. The van der Waals surface area contributed by atoms with Gasteiger partial charge in [-0.3, -0.25) is 0 Å². The summed E-state index contributed by atoms with van der Waals surface area (Å²) in [4.78, 5) is 0.